The van der Waals surface area contributed by atoms with Crippen LogP contribution in [0.2, 0.25) is 0 Å². The first-order valence-corrected chi connectivity index (χ1v) is 10.5. The van der Waals surface area contributed by atoms with Gasteiger partial charge >= 0.3 is 0 Å². The highest BCUT2D eigenvalue weighted by Crippen LogP contribution is 2.37. The molecule has 0 amide bonds. The molecule has 0 aliphatic rings. The van der Waals surface area contributed by atoms with Crippen molar-refractivity contribution in [2.45, 2.75) is 0 Å². The molecule has 6 nitrogen and oxygen atoms in total. The van der Waals surface area contributed by atoms with E-state index in [2.05, 4.69) is 0 Å². The number of fused-ring (bicyclic) bond motifs is 2. The summed E-state index contributed by atoms with van der Waals surface area (Å²) < 4.78 is 58.0. The Hall–Kier alpha value is -5.84. The van der Waals surface area contributed by atoms with Gasteiger partial charge < -0.3 is 0 Å². The van der Waals surface area contributed by atoms with E-state index in [0.717, 1.165) is 12.1 Å². The van der Waals surface area contributed by atoms with Gasteiger partial charge in [-0.25, -0.2) is 17.6 Å². The molecule has 0 fully saturated rings. The third kappa shape index (κ3) is 3.15. The first-order valence-electron chi connectivity index (χ1n) is 10.5. The van der Waals surface area contributed by atoms with Crippen molar-refractivity contribution in [2.75, 3.05) is 0 Å². The predicted octanol–water partition coefficient (Wildman–Crippen LogP) is 4.97. The van der Waals surface area contributed by atoms with Crippen molar-refractivity contribution >= 4 is 21.5 Å². The lowest BCUT2D eigenvalue weighted by Gasteiger charge is -2.03. The maximum absolute atomic E-state index is 14.7. The minimum absolute atomic E-state index is 0.0799. The van der Waals surface area contributed by atoms with E-state index in [-0.39, 0.29) is 32.7 Å². The number of nitrogens with zero attached hydrogens (tertiary/aromatic N) is 4. The van der Waals surface area contributed by atoms with Gasteiger partial charge in [0.1, 0.15) is 47.5 Å². The highest BCUT2D eigenvalue weighted by Gasteiger charge is 2.27. The van der Waals surface area contributed by atoms with Gasteiger partial charge in [-0.1, -0.05) is 0 Å². The van der Waals surface area contributed by atoms with Crippen molar-refractivity contribution in [2.24, 2.45) is 0 Å². The van der Waals surface area contributed by atoms with Crippen molar-refractivity contribution in [3.63, 3.8) is 0 Å². The van der Waals surface area contributed by atoms with Crippen LogP contribution >= 0.6 is 0 Å². The molecule has 0 bridgehead atoms. The quantitative estimate of drug-likeness (QED) is 0.311. The summed E-state index contributed by atoms with van der Waals surface area (Å²) in [5.41, 5.74) is -5.94. The van der Waals surface area contributed by atoms with Crippen LogP contribution in [0.5, 0.6) is 0 Å². The monoisotopic (exact) mass is 506 g/mol. The van der Waals surface area contributed by atoms with Crippen molar-refractivity contribution in [1.82, 2.24) is 0 Å². The van der Waals surface area contributed by atoms with Crippen LogP contribution < -0.4 is 10.9 Å². The van der Waals surface area contributed by atoms with Crippen LogP contribution in [0.4, 0.5) is 17.6 Å². The molecule has 0 saturated heterocycles. The summed E-state index contributed by atoms with van der Waals surface area (Å²) in [4.78, 5) is 26.5. The Morgan fingerprint density at radius 2 is 0.842 bits per heavy atom. The standard InChI is InChI=1S/C28H6F4N4O2/c29-21-5-17(23(31)1-11(21)7-33)25-19(9-35)13-3-14-16(4-15(13)27(25)37)28(38)26(20(14)10-36)18-6-22(30)12(8-34)2-24(18)32/h1-6H. The molecule has 0 heterocycles. The van der Waals surface area contributed by atoms with Gasteiger partial charge in [0, 0.05) is 32.7 Å². The van der Waals surface area contributed by atoms with E-state index in [1.165, 1.54) is 12.1 Å². The van der Waals surface area contributed by atoms with E-state index < -0.39 is 67.5 Å². The molecular weight excluding hydrogens is 500 g/mol. The third-order valence-corrected chi connectivity index (χ3v) is 6.26. The molecule has 10 heteroatoms. The molecule has 0 radical (unpaired) electrons. The fraction of sp³-hybridized carbons (Fsp3) is 0. The number of rotatable bonds is 2. The van der Waals surface area contributed by atoms with Gasteiger partial charge in [-0.2, -0.15) is 21.0 Å². The molecule has 0 atom stereocenters. The van der Waals surface area contributed by atoms with Crippen molar-refractivity contribution in [3.05, 3.63) is 102 Å². The largest absolute Gasteiger partial charge is 0.289 e. The number of nitriles is 4. The zero-order valence-corrected chi connectivity index (χ0v) is 18.6. The molecule has 38 heavy (non-hydrogen) atoms. The zero-order valence-electron chi connectivity index (χ0n) is 18.6. The fourth-order valence-electron chi connectivity index (χ4n) is 4.55. The Labute approximate surface area is 209 Å². The number of halogens is 4. The van der Waals surface area contributed by atoms with Crippen molar-refractivity contribution in [3.8, 4) is 46.5 Å². The van der Waals surface area contributed by atoms with E-state index in [0.29, 0.717) is 24.3 Å². The predicted molar refractivity (Wildman–Crippen MR) is 126 cm³/mol. The Balaban J connectivity index is 1.88. The van der Waals surface area contributed by atoms with Gasteiger partial charge in [0.05, 0.1) is 33.4 Å². The van der Waals surface area contributed by atoms with Crippen LogP contribution in [0.15, 0.2) is 46.0 Å². The van der Waals surface area contributed by atoms with Crippen LogP contribution in [0.25, 0.3) is 43.8 Å². The fourth-order valence-corrected chi connectivity index (χ4v) is 4.55. The van der Waals surface area contributed by atoms with Crippen LogP contribution in [-0.2, 0) is 0 Å². The Bertz CT molecular complexity index is 2020. The molecule has 0 N–H and O–H groups in total. The van der Waals surface area contributed by atoms with Gasteiger partial charge in [0.15, 0.2) is 10.9 Å². The zero-order chi connectivity index (χ0) is 27.5. The van der Waals surface area contributed by atoms with Crippen LogP contribution in [0.3, 0.4) is 0 Å². The van der Waals surface area contributed by atoms with E-state index in [9.17, 15) is 37.7 Å². The minimum atomic E-state index is -1.13. The van der Waals surface area contributed by atoms with Gasteiger partial charge in [-0.3, -0.25) is 9.59 Å². The second kappa shape index (κ2) is 8.38. The van der Waals surface area contributed by atoms with E-state index in [4.69, 9.17) is 10.5 Å². The Kier molecular flexibility index (Phi) is 5.27. The average Bonchev–Trinajstić information content (AvgIpc) is 3.34. The van der Waals surface area contributed by atoms with E-state index in [1.807, 2.05) is 0 Å². The van der Waals surface area contributed by atoms with Crippen LogP contribution in [0.1, 0.15) is 22.3 Å². The number of benzene rings is 3. The third-order valence-electron chi connectivity index (χ3n) is 6.26. The molecule has 178 valence electrons. The number of hydrogen-bond acceptors (Lipinski definition) is 6. The summed E-state index contributed by atoms with van der Waals surface area (Å²) in [6.07, 6.45) is 0. The maximum Gasteiger partial charge on any atom is 0.195 e. The van der Waals surface area contributed by atoms with E-state index >= 15 is 0 Å². The van der Waals surface area contributed by atoms with Crippen molar-refractivity contribution < 1.29 is 17.6 Å². The smallest absolute Gasteiger partial charge is 0.195 e. The Morgan fingerprint density at radius 1 is 0.474 bits per heavy atom. The highest BCUT2D eigenvalue weighted by molar-refractivity contribution is 6.10. The molecule has 0 aliphatic heterocycles. The van der Waals surface area contributed by atoms with Gasteiger partial charge in [0.2, 0.25) is 0 Å². The molecule has 5 aromatic carbocycles. The minimum Gasteiger partial charge on any atom is -0.289 e. The topological polar surface area (TPSA) is 129 Å². The molecule has 0 spiro atoms. The Morgan fingerprint density at radius 3 is 1.18 bits per heavy atom. The van der Waals surface area contributed by atoms with Crippen LogP contribution in [0, 0.1) is 68.6 Å². The van der Waals surface area contributed by atoms with E-state index in [1.54, 1.807) is 12.1 Å². The summed E-state index contributed by atoms with van der Waals surface area (Å²) >= 11 is 0. The normalized spacial score (nSPS) is 10.7. The molecule has 5 rings (SSSR count). The van der Waals surface area contributed by atoms with Gasteiger partial charge in [-0.15, -0.1) is 0 Å². The number of hydrogen-bond donors (Lipinski definition) is 0. The maximum atomic E-state index is 14.7. The lowest BCUT2D eigenvalue weighted by Crippen LogP contribution is -2.04. The molecule has 5 aromatic rings. The molecule has 0 unspecified atom stereocenters. The summed E-state index contributed by atoms with van der Waals surface area (Å²) in [6.45, 7) is 0. The van der Waals surface area contributed by atoms with Gasteiger partial charge in [-0.05, 0) is 36.4 Å². The molecule has 0 aromatic heterocycles. The first kappa shape index (κ1) is 23.9. The SMILES string of the molecule is N#Cc1cc(F)c(-c2c(C#N)c3cc4c(C#N)c(-c5cc(F)c(C#N)cc5F)c(=O)c4cc3c2=O)cc1F. The summed E-state index contributed by atoms with van der Waals surface area (Å²) in [5.74, 6) is -4.50. The van der Waals surface area contributed by atoms with Gasteiger partial charge in [0.25, 0.3) is 0 Å². The summed E-state index contributed by atoms with van der Waals surface area (Å²) in [6, 6.07) is 11.1. The summed E-state index contributed by atoms with van der Waals surface area (Å²) in [7, 11) is 0. The first-order chi connectivity index (χ1) is 18.2. The van der Waals surface area contributed by atoms with Crippen LogP contribution in [-0.4, -0.2) is 0 Å². The second-order valence-electron chi connectivity index (χ2n) is 8.17. The lowest BCUT2D eigenvalue weighted by atomic mass is 10.00. The highest BCUT2D eigenvalue weighted by atomic mass is 19.1. The lowest BCUT2D eigenvalue weighted by molar-refractivity contribution is 0.600. The average molecular weight is 506 g/mol. The summed E-state index contributed by atoms with van der Waals surface area (Å²) in [5, 5.41) is 36.8. The molecular formula is C28H6F4N4O2. The van der Waals surface area contributed by atoms with Crippen molar-refractivity contribution in [1.29, 1.82) is 21.0 Å². The molecule has 0 aliphatic carbocycles. The second-order valence-corrected chi connectivity index (χ2v) is 8.17. The molecule has 0 saturated carbocycles.